The van der Waals surface area contributed by atoms with Gasteiger partial charge < -0.3 is 14.6 Å². The van der Waals surface area contributed by atoms with Gasteiger partial charge in [0.2, 0.25) is 0 Å². The van der Waals surface area contributed by atoms with Gasteiger partial charge in [0.1, 0.15) is 11.6 Å². The van der Waals surface area contributed by atoms with Gasteiger partial charge in [0.25, 0.3) is 5.91 Å². The molecule has 2 aromatic heterocycles. The number of para-hydroxylation sites is 1. The minimum Gasteiger partial charge on any atom is -0.484 e. The summed E-state index contributed by atoms with van der Waals surface area (Å²) in [7, 11) is 0. The second kappa shape index (κ2) is 9.19. The second-order valence-electron chi connectivity index (χ2n) is 7.12. The number of nitrogens with one attached hydrogen (secondary N) is 1. The van der Waals surface area contributed by atoms with Crippen molar-refractivity contribution in [2.45, 2.75) is 32.5 Å². The van der Waals surface area contributed by atoms with Crippen LogP contribution in [0.5, 0.6) is 5.75 Å². The van der Waals surface area contributed by atoms with Gasteiger partial charge in [0, 0.05) is 37.5 Å². The zero-order valence-electron chi connectivity index (χ0n) is 16.5. The predicted molar refractivity (Wildman–Crippen MR) is 112 cm³/mol. The third kappa shape index (κ3) is 5.02. The van der Waals surface area contributed by atoms with E-state index in [2.05, 4.69) is 42.5 Å². The molecule has 0 saturated carbocycles. The summed E-state index contributed by atoms with van der Waals surface area (Å²) in [4.78, 5) is 16.1. The van der Waals surface area contributed by atoms with Crippen LogP contribution in [0.3, 0.4) is 0 Å². The molecular formula is C21H25N5O2S. The molecular weight excluding hydrogens is 386 g/mol. The van der Waals surface area contributed by atoms with Gasteiger partial charge in [-0.2, -0.15) is 0 Å². The highest BCUT2D eigenvalue weighted by Gasteiger charge is 2.23. The highest BCUT2D eigenvalue weighted by Crippen LogP contribution is 2.18. The Morgan fingerprint density at radius 1 is 1.17 bits per heavy atom. The lowest BCUT2D eigenvalue weighted by Crippen LogP contribution is -2.33. The second-order valence-corrected chi connectivity index (χ2v) is 8.15. The SMILES string of the molecule is CC(NC(=O)COc1ccccc1)c1nnc2n1CCN(Cc1cccs1)CC2. The number of benzene rings is 1. The van der Waals surface area contributed by atoms with E-state index in [0.29, 0.717) is 5.75 Å². The van der Waals surface area contributed by atoms with Crippen LogP contribution in [0.1, 0.15) is 29.5 Å². The number of carbonyl (C=O) groups is 1. The molecule has 152 valence electrons. The third-order valence-electron chi connectivity index (χ3n) is 4.98. The molecule has 7 nitrogen and oxygen atoms in total. The molecule has 0 aliphatic carbocycles. The average molecular weight is 412 g/mol. The maximum atomic E-state index is 12.3. The topological polar surface area (TPSA) is 72.3 Å². The fraction of sp³-hybridized carbons (Fsp3) is 0.381. The summed E-state index contributed by atoms with van der Waals surface area (Å²) in [6.07, 6.45) is 0.857. The van der Waals surface area contributed by atoms with Crippen molar-refractivity contribution >= 4 is 17.2 Å². The van der Waals surface area contributed by atoms with Crippen LogP contribution in [0.15, 0.2) is 47.8 Å². The molecule has 1 atom stereocenters. The molecule has 0 radical (unpaired) electrons. The maximum Gasteiger partial charge on any atom is 0.258 e. The smallest absolute Gasteiger partial charge is 0.258 e. The summed E-state index contributed by atoms with van der Waals surface area (Å²) in [6.45, 7) is 5.60. The van der Waals surface area contributed by atoms with Crippen molar-refractivity contribution < 1.29 is 9.53 Å². The average Bonchev–Trinajstić information content (AvgIpc) is 3.34. The largest absolute Gasteiger partial charge is 0.484 e. The first-order valence-corrected chi connectivity index (χ1v) is 10.7. The Labute approximate surface area is 174 Å². The Bertz CT molecular complexity index is 926. The number of nitrogens with zero attached hydrogens (tertiary/aromatic N) is 4. The normalized spacial score (nSPS) is 15.3. The Morgan fingerprint density at radius 3 is 2.83 bits per heavy atom. The molecule has 1 aromatic carbocycles. The van der Waals surface area contributed by atoms with Crippen LogP contribution in [0.4, 0.5) is 0 Å². The van der Waals surface area contributed by atoms with Crippen LogP contribution in [0, 0.1) is 0 Å². The van der Waals surface area contributed by atoms with Crippen LogP contribution in [0.2, 0.25) is 0 Å². The lowest BCUT2D eigenvalue weighted by Gasteiger charge is -2.19. The Balaban J connectivity index is 1.33. The lowest BCUT2D eigenvalue weighted by atomic mass is 10.3. The Hall–Kier alpha value is -2.71. The van der Waals surface area contributed by atoms with E-state index >= 15 is 0 Å². The monoisotopic (exact) mass is 411 g/mol. The van der Waals surface area contributed by atoms with E-state index in [-0.39, 0.29) is 18.6 Å². The van der Waals surface area contributed by atoms with Gasteiger partial charge in [-0.1, -0.05) is 24.3 Å². The van der Waals surface area contributed by atoms with E-state index in [1.54, 1.807) is 11.3 Å². The number of thiophene rings is 1. The van der Waals surface area contributed by atoms with Crippen LogP contribution < -0.4 is 10.1 Å². The van der Waals surface area contributed by atoms with E-state index in [9.17, 15) is 4.79 Å². The number of rotatable bonds is 7. The molecule has 0 spiro atoms. The number of aromatic nitrogens is 3. The van der Waals surface area contributed by atoms with Gasteiger partial charge in [-0.15, -0.1) is 21.5 Å². The number of fused-ring (bicyclic) bond motifs is 1. The molecule has 29 heavy (non-hydrogen) atoms. The first-order chi connectivity index (χ1) is 14.2. The molecule has 8 heteroatoms. The van der Waals surface area contributed by atoms with E-state index in [1.165, 1.54) is 4.88 Å². The van der Waals surface area contributed by atoms with Crippen molar-refractivity contribution in [1.82, 2.24) is 25.0 Å². The van der Waals surface area contributed by atoms with Gasteiger partial charge in [0.15, 0.2) is 12.4 Å². The van der Waals surface area contributed by atoms with Gasteiger partial charge in [-0.05, 0) is 30.5 Å². The summed E-state index contributed by atoms with van der Waals surface area (Å²) in [6, 6.07) is 13.4. The first-order valence-electron chi connectivity index (χ1n) is 9.83. The predicted octanol–water partition coefficient (Wildman–Crippen LogP) is 2.65. The lowest BCUT2D eigenvalue weighted by molar-refractivity contribution is -0.123. The number of hydrogen-bond acceptors (Lipinski definition) is 6. The van der Waals surface area contributed by atoms with Crippen molar-refractivity contribution in [3.05, 3.63) is 64.4 Å². The molecule has 0 bridgehead atoms. The standard InChI is InChI=1S/C21H25N5O2S/c1-16(22-20(27)15-28-17-6-3-2-4-7-17)21-24-23-19-9-10-25(11-12-26(19)21)14-18-8-5-13-29-18/h2-8,13,16H,9-12,14-15H2,1H3,(H,22,27). The summed E-state index contributed by atoms with van der Waals surface area (Å²) < 4.78 is 7.67. The number of ether oxygens (including phenoxy) is 1. The van der Waals surface area contributed by atoms with Gasteiger partial charge in [-0.25, -0.2) is 0 Å². The van der Waals surface area contributed by atoms with Crippen LogP contribution in [0.25, 0.3) is 0 Å². The summed E-state index contributed by atoms with van der Waals surface area (Å²) >= 11 is 1.79. The quantitative estimate of drug-likeness (QED) is 0.647. The summed E-state index contributed by atoms with van der Waals surface area (Å²) in [5.74, 6) is 2.28. The van der Waals surface area contributed by atoms with Gasteiger partial charge in [0.05, 0.1) is 6.04 Å². The van der Waals surface area contributed by atoms with Crippen molar-refractivity contribution in [2.75, 3.05) is 19.7 Å². The molecule has 0 fully saturated rings. The van der Waals surface area contributed by atoms with Crippen molar-refractivity contribution in [2.24, 2.45) is 0 Å². The molecule has 1 unspecified atom stereocenters. The maximum absolute atomic E-state index is 12.3. The molecule has 1 amide bonds. The molecule has 1 aliphatic rings. The van der Waals surface area contributed by atoms with Crippen molar-refractivity contribution in [3.8, 4) is 5.75 Å². The number of amides is 1. The number of hydrogen-bond donors (Lipinski definition) is 1. The molecule has 1 N–H and O–H groups in total. The van der Waals surface area contributed by atoms with E-state index in [1.807, 2.05) is 37.3 Å². The highest BCUT2D eigenvalue weighted by molar-refractivity contribution is 7.09. The minimum absolute atomic E-state index is 0.0239. The van der Waals surface area contributed by atoms with Crippen LogP contribution >= 0.6 is 11.3 Å². The van der Waals surface area contributed by atoms with Crippen molar-refractivity contribution in [3.63, 3.8) is 0 Å². The zero-order chi connectivity index (χ0) is 20.1. The summed E-state index contributed by atoms with van der Waals surface area (Å²) in [5, 5.41) is 13.8. The molecule has 1 aliphatic heterocycles. The Morgan fingerprint density at radius 2 is 2.03 bits per heavy atom. The van der Waals surface area contributed by atoms with Gasteiger partial charge >= 0.3 is 0 Å². The van der Waals surface area contributed by atoms with Crippen molar-refractivity contribution in [1.29, 1.82) is 0 Å². The van der Waals surface area contributed by atoms with Crippen LogP contribution in [-0.4, -0.2) is 45.3 Å². The van der Waals surface area contributed by atoms with Crippen LogP contribution in [-0.2, 0) is 24.3 Å². The fourth-order valence-corrected chi connectivity index (χ4v) is 4.25. The molecule has 3 heterocycles. The first kappa shape index (κ1) is 19.6. The third-order valence-corrected chi connectivity index (χ3v) is 5.85. The van der Waals surface area contributed by atoms with E-state index in [4.69, 9.17) is 4.74 Å². The zero-order valence-corrected chi connectivity index (χ0v) is 17.3. The Kier molecular flexibility index (Phi) is 6.21. The fourth-order valence-electron chi connectivity index (χ4n) is 3.50. The minimum atomic E-state index is -0.230. The van der Waals surface area contributed by atoms with Gasteiger partial charge in [-0.3, -0.25) is 9.69 Å². The number of carbonyl (C=O) groups excluding carboxylic acids is 1. The molecule has 0 saturated heterocycles. The molecule has 4 rings (SSSR count). The van der Waals surface area contributed by atoms with E-state index in [0.717, 1.165) is 44.2 Å². The summed E-state index contributed by atoms with van der Waals surface area (Å²) in [5.41, 5.74) is 0. The highest BCUT2D eigenvalue weighted by atomic mass is 32.1. The van der Waals surface area contributed by atoms with E-state index < -0.39 is 0 Å². The molecule has 3 aromatic rings.